The van der Waals surface area contributed by atoms with Gasteiger partial charge in [-0.15, -0.1) is 0 Å². The van der Waals surface area contributed by atoms with E-state index in [1.807, 2.05) is 17.8 Å². The monoisotopic (exact) mass is 250 g/mol. The van der Waals surface area contributed by atoms with Crippen LogP contribution in [0.1, 0.15) is 18.1 Å². The van der Waals surface area contributed by atoms with E-state index < -0.39 is 0 Å². The summed E-state index contributed by atoms with van der Waals surface area (Å²) in [6.45, 7) is 3.75. The molecule has 0 bridgehead atoms. The first-order chi connectivity index (χ1) is 8.22. The SMILES string of the molecule is CC1CSCCN1Cc1cccc(C#N)c1F. The average molecular weight is 250 g/mol. The number of nitrogens with zero attached hydrogens (tertiary/aromatic N) is 2. The summed E-state index contributed by atoms with van der Waals surface area (Å²) in [4.78, 5) is 2.27. The maximum atomic E-state index is 13.9. The molecule has 90 valence electrons. The summed E-state index contributed by atoms with van der Waals surface area (Å²) < 4.78 is 13.9. The van der Waals surface area contributed by atoms with Crippen LogP contribution in [-0.2, 0) is 6.54 Å². The van der Waals surface area contributed by atoms with Crippen molar-refractivity contribution < 1.29 is 4.39 Å². The fourth-order valence-corrected chi connectivity index (χ4v) is 3.09. The Balaban J connectivity index is 2.16. The van der Waals surface area contributed by atoms with Gasteiger partial charge in [-0.3, -0.25) is 4.90 Å². The summed E-state index contributed by atoms with van der Waals surface area (Å²) in [5, 5.41) is 8.79. The minimum Gasteiger partial charge on any atom is -0.295 e. The van der Waals surface area contributed by atoms with Crippen molar-refractivity contribution in [1.82, 2.24) is 4.90 Å². The molecule has 0 spiro atoms. The van der Waals surface area contributed by atoms with Gasteiger partial charge < -0.3 is 0 Å². The third kappa shape index (κ3) is 2.80. The van der Waals surface area contributed by atoms with Crippen molar-refractivity contribution >= 4 is 11.8 Å². The topological polar surface area (TPSA) is 27.0 Å². The number of benzene rings is 1. The molecule has 1 aliphatic heterocycles. The highest BCUT2D eigenvalue weighted by Crippen LogP contribution is 2.20. The molecule has 2 rings (SSSR count). The van der Waals surface area contributed by atoms with Gasteiger partial charge in [-0.25, -0.2) is 4.39 Å². The molecule has 0 N–H and O–H groups in total. The van der Waals surface area contributed by atoms with Gasteiger partial charge in [-0.1, -0.05) is 12.1 Å². The van der Waals surface area contributed by atoms with Crippen molar-refractivity contribution in [3.8, 4) is 6.07 Å². The van der Waals surface area contributed by atoms with Gasteiger partial charge >= 0.3 is 0 Å². The molecule has 2 nitrogen and oxygen atoms in total. The summed E-state index contributed by atoms with van der Waals surface area (Å²) in [5.41, 5.74) is 0.768. The van der Waals surface area contributed by atoms with E-state index in [2.05, 4.69) is 11.8 Å². The van der Waals surface area contributed by atoms with Gasteiger partial charge in [0.2, 0.25) is 0 Å². The van der Waals surface area contributed by atoms with Gasteiger partial charge in [0.05, 0.1) is 5.56 Å². The molecule has 0 saturated carbocycles. The minimum atomic E-state index is -0.361. The molecule has 1 saturated heterocycles. The van der Waals surface area contributed by atoms with Crippen LogP contribution in [0.25, 0.3) is 0 Å². The number of halogens is 1. The predicted molar refractivity (Wildman–Crippen MR) is 68.3 cm³/mol. The van der Waals surface area contributed by atoms with Crippen molar-refractivity contribution in [2.45, 2.75) is 19.5 Å². The van der Waals surface area contributed by atoms with Crippen molar-refractivity contribution in [2.24, 2.45) is 0 Å². The third-order valence-corrected chi connectivity index (χ3v) is 4.27. The molecular weight excluding hydrogens is 235 g/mol. The van der Waals surface area contributed by atoms with Crippen LogP contribution in [-0.4, -0.2) is 29.0 Å². The Hall–Kier alpha value is -1.05. The van der Waals surface area contributed by atoms with Gasteiger partial charge in [0.25, 0.3) is 0 Å². The van der Waals surface area contributed by atoms with Crippen LogP contribution in [0.5, 0.6) is 0 Å². The Labute approximate surface area is 105 Å². The van der Waals surface area contributed by atoms with Crippen LogP contribution < -0.4 is 0 Å². The molecule has 0 radical (unpaired) electrons. The first-order valence-corrected chi connectivity index (χ1v) is 6.87. The normalized spacial score (nSPS) is 21.1. The van der Waals surface area contributed by atoms with Crippen molar-refractivity contribution in [3.05, 3.63) is 35.1 Å². The number of hydrogen-bond acceptors (Lipinski definition) is 3. The van der Waals surface area contributed by atoms with E-state index >= 15 is 0 Å². The van der Waals surface area contributed by atoms with Crippen LogP contribution >= 0.6 is 11.8 Å². The van der Waals surface area contributed by atoms with Crippen LogP contribution in [0.4, 0.5) is 4.39 Å². The highest BCUT2D eigenvalue weighted by atomic mass is 32.2. The molecule has 1 heterocycles. The van der Waals surface area contributed by atoms with Gasteiger partial charge in [0, 0.05) is 36.2 Å². The van der Waals surface area contributed by atoms with Gasteiger partial charge in [0.15, 0.2) is 0 Å². The Kier molecular flexibility index (Phi) is 4.03. The van der Waals surface area contributed by atoms with Crippen molar-refractivity contribution in [1.29, 1.82) is 5.26 Å². The summed E-state index contributed by atoms with van der Waals surface area (Å²) in [6.07, 6.45) is 0. The quantitative estimate of drug-likeness (QED) is 0.807. The lowest BCUT2D eigenvalue weighted by atomic mass is 10.1. The first-order valence-electron chi connectivity index (χ1n) is 5.71. The molecule has 0 amide bonds. The molecule has 1 aromatic carbocycles. The lowest BCUT2D eigenvalue weighted by molar-refractivity contribution is 0.221. The molecule has 4 heteroatoms. The molecule has 0 aromatic heterocycles. The summed E-state index contributed by atoms with van der Waals surface area (Å²) in [7, 11) is 0. The van der Waals surface area contributed by atoms with Gasteiger partial charge in [-0.2, -0.15) is 17.0 Å². The van der Waals surface area contributed by atoms with E-state index in [1.54, 1.807) is 12.1 Å². The van der Waals surface area contributed by atoms with Gasteiger partial charge in [0.1, 0.15) is 11.9 Å². The molecule has 0 aliphatic carbocycles. The highest BCUT2D eigenvalue weighted by Gasteiger charge is 2.20. The van der Waals surface area contributed by atoms with E-state index in [9.17, 15) is 4.39 Å². The van der Waals surface area contributed by atoms with E-state index in [0.717, 1.165) is 18.1 Å². The highest BCUT2D eigenvalue weighted by molar-refractivity contribution is 7.99. The van der Waals surface area contributed by atoms with Crippen LogP contribution in [0.3, 0.4) is 0 Å². The van der Waals surface area contributed by atoms with Crippen molar-refractivity contribution in [3.63, 3.8) is 0 Å². The maximum absolute atomic E-state index is 13.9. The molecule has 1 aliphatic rings. The second-order valence-electron chi connectivity index (χ2n) is 4.28. The average Bonchev–Trinajstić information content (AvgIpc) is 2.34. The second kappa shape index (κ2) is 5.52. The Morgan fingerprint density at radius 2 is 2.41 bits per heavy atom. The molecule has 1 unspecified atom stereocenters. The van der Waals surface area contributed by atoms with E-state index in [0.29, 0.717) is 18.2 Å². The molecular formula is C13H15FN2S. The Morgan fingerprint density at radius 3 is 3.12 bits per heavy atom. The molecule has 1 fully saturated rings. The number of nitriles is 1. The molecule has 1 aromatic rings. The van der Waals surface area contributed by atoms with Crippen LogP contribution in [0.2, 0.25) is 0 Å². The van der Waals surface area contributed by atoms with Crippen LogP contribution in [0, 0.1) is 17.1 Å². The molecule has 17 heavy (non-hydrogen) atoms. The largest absolute Gasteiger partial charge is 0.295 e. The zero-order valence-electron chi connectivity index (χ0n) is 9.82. The zero-order chi connectivity index (χ0) is 12.3. The van der Waals surface area contributed by atoms with E-state index in [1.165, 1.54) is 6.07 Å². The predicted octanol–water partition coefficient (Wildman–Crippen LogP) is 2.63. The minimum absolute atomic E-state index is 0.140. The zero-order valence-corrected chi connectivity index (χ0v) is 10.6. The fourth-order valence-electron chi connectivity index (χ4n) is 2.00. The van der Waals surface area contributed by atoms with Crippen LogP contribution in [0.15, 0.2) is 18.2 Å². The maximum Gasteiger partial charge on any atom is 0.145 e. The lowest BCUT2D eigenvalue weighted by Crippen LogP contribution is -2.39. The number of rotatable bonds is 2. The number of thioether (sulfide) groups is 1. The summed E-state index contributed by atoms with van der Waals surface area (Å²) >= 11 is 1.94. The first kappa shape index (κ1) is 12.4. The summed E-state index contributed by atoms with van der Waals surface area (Å²) in [6, 6.07) is 7.40. The van der Waals surface area contributed by atoms with Crippen molar-refractivity contribution in [2.75, 3.05) is 18.1 Å². The lowest BCUT2D eigenvalue weighted by Gasteiger charge is -2.33. The fraction of sp³-hybridized carbons (Fsp3) is 0.462. The second-order valence-corrected chi connectivity index (χ2v) is 5.43. The third-order valence-electron chi connectivity index (χ3n) is 3.08. The standard InChI is InChI=1S/C13H15FN2S/c1-10-9-17-6-5-16(10)8-12-4-2-3-11(7-15)13(12)14/h2-4,10H,5-6,8-9H2,1H3. The van der Waals surface area contributed by atoms with E-state index in [4.69, 9.17) is 5.26 Å². The van der Waals surface area contributed by atoms with Gasteiger partial charge in [-0.05, 0) is 13.0 Å². The molecule has 1 atom stereocenters. The smallest absolute Gasteiger partial charge is 0.145 e. The number of hydrogen-bond donors (Lipinski definition) is 0. The Bertz CT molecular complexity index is 442. The summed E-state index contributed by atoms with van der Waals surface area (Å²) in [5.74, 6) is 1.84. The Morgan fingerprint density at radius 1 is 1.59 bits per heavy atom. The van der Waals surface area contributed by atoms with E-state index in [-0.39, 0.29) is 11.4 Å².